The van der Waals surface area contributed by atoms with Crippen molar-refractivity contribution in [2.45, 2.75) is 12.8 Å². The van der Waals surface area contributed by atoms with E-state index in [1.807, 2.05) is 0 Å². The van der Waals surface area contributed by atoms with Gasteiger partial charge in [-0.1, -0.05) is 0 Å². The molecule has 126 valence electrons. The number of carbonyl (C=O) groups excluding carboxylic acids is 1. The Morgan fingerprint density at radius 2 is 1.79 bits per heavy atom. The maximum atomic E-state index is 12.3. The van der Waals surface area contributed by atoms with Gasteiger partial charge in [-0.15, -0.1) is 10.2 Å². The van der Waals surface area contributed by atoms with Crippen molar-refractivity contribution in [3.63, 3.8) is 0 Å². The van der Waals surface area contributed by atoms with Gasteiger partial charge < -0.3 is 10.2 Å². The molecule has 0 unspecified atom stereocenters. The smallest absolute Gasteiger partial charge is 0.332 e. The lowest BCUT2D eigenvalue weighted by Gasteiger charge is -2.15. The third-order valence-electron chi connectivity index (χ3n) is 4.08. The van der Waals surface area contributed by atoms with Gasteiger partial charge in [0.2, 0.25) is 0 Å². The van der Waals surface area contributed by atoms with E-state index in [1.165, 1.54) is 24.7 Å². The van der Waals surface area contributed by atoms with Crippen molar-refractivity contribution in [2.24, 2.45) is 14.1 Å². The Balaban J connectivity index is 1.80. The third-order valence-corrected chi connectivity index (χ3v) is 4.08. The van der Waals surface area contributed by atoms with Crippen molar-refractivity contribution in [3.05, 3.63) is 44.7 Å². The average Bonchev–Trinajstić information content (AvgIpc) is 3.12. The maximum Gasteiger partial charge on any atom is 0.332 e. The fourth-order valence-electron chi connectivity index (χ4n) is 2.59. The van der Waals surface area contributed by atoms with Gasteiger partial charge in [0.25, 0.3) is 11.5 Å². The van der Waals surface area contributed by atoms with Crippen LogP contribution in [0, 0.1) is 0 Å². The van der Waals surface area contributed by atoms with Crippen LogP contribution in [-0.2, 0) is 14.1 Å². The number of nitrogens with zero attached hydrogens (tertiary/aromatic N) is 5. The second-order valence-corrected chi connectivity index (χ2v) is 5.69. The molecule has 3 heterocycles. The van der Waals surface area contributed by atoms with Crippen LogP contribution in [0.1, 0.15) is 23.3 Å². The Morgan fingerprint density at radius 1 is 1.08 bits per heavy atom. The first-order valence-electron chi connectivity index (χ1n) is 7.64. The molecule has 1 N–H and O–H groups in total. The lowest BCUT2D eigenvalue weighted by molar-refractivity contribution is 0.102. The number of hydrogen-bond acceptors (Lipinski definition) is 6. The zero-order valence-corrected chi connectivity index (χ0v) is 13.5. The molecule has 24 heavy (non-hydrogen) atoms. The van der Waals surface area contributed by atoms with Crippen LogP contribution in [0.5, 0.6) is 0 Å². The molecule has 0 radical (unpaired) electrons. The standard InChI is InChI=1S/C15H18N6O3/c1-19-12(9-13(22)20(2)15(19)24)16-14(23)10-5-6-11(18-17-10)21-7-3-4-8-21/h5-6,9H,3-4,7-8H2,1-2H3,(H,16,23). The van der Waals surface area contributed by atoms with Crippen LogP contribution < -0.4 is 21.5 Å². The van der Waals surface area contributed by atoms with Gasteiger partial charge in [0.05, 0.1) is 0 Å². The van der Waals surface area contributed by atoms with Gasteiger partial charge in [0.15, 0.2) is 11.5 Å². The number of anilines is 2. The first-order chi connectivity index (χ1) is 11.5. The number of amides is 1. The first kappa shape index (κ1) is 15.9. The molecule has 1 saturated heterocycles. The van der Waals surface area contributed by atoms with Gasteiger partial charge in [-0.2, -0.15) is 0 Å². The molecule has 0 aliphatic carbocycles. The van der Waals surface area contributed by atoms with E-state index in [9.17, 15) is 14.4 Å². The van der Waals surface area contributed by atoms with Gasteiger partial charge in [-0.25, -0.2) is 4.79 Å². The minimum atomic E-state index is -0.529. The number of aromatic nitrogens is 4. The molecule has 0 spiro atoms. The highest BCUT2D eigenvalue weighted by atomic mass is 16.2. The third kappa shape index (κ3) is 2.92. The summed E-state index contributed by atoms with van der Waals surface area (Å²) in [5.74, 6) is 0.322. The lowest BCUT2D eigenvalue weighted by atomic mass is 10.3. The number of carbonyl (C=O) groups is 1. The zero-order valence-electron chi connectivity index (χ0n) is 13.5. The lowest BCUT2D eigenvalue weighted by Crippen LogP contribution is -2.38. The highest BCUT2D eigenvalue weighted by Gasteiger charge is 2.16. The summed E-state index contributed by atoms with van der Waals surface area (Å²) in [5, 5.41) is 10.5. The van der Waals surface area contributed by atoms with Gasteiger partial charge in [-0.3, -0.25) is 18.7 Å². The summed E-state index contributed by atoms with van der Waals surface area (Å²) < 4.78 is 2.14. The molecule has 3 rings (SSSR count). The first-order valence-corrected chi connectivity index (χ1v) is 7.64. The zero-order chi connectivity index (χ0) is 17.3. The van der Waals surface area contributed by atoms with Crippen LogP contribution in [0.3, 0.4) is 0 Å². The second kappa shape index (κ2) is 6.26. The molecule has 9 nitrogen and oxygen atoms in total. The highest BCUT2D eigenvalue weighted by Crippen LogP contribution is 2.16. The minimum absolute atomic E-state index is 0.110. The number of rotatable bonds is 3. The van der Waals surface area contributed by atoms with Crippen LogP contribution in [0.4, 0.5) is 11.6 Å². The topological polar surface area (TPSA) is 102 Å². The maximum absolute atomic E-state index is 12.3. The van der Waals surface area contributed by atoms with Crippen molar-refractivity contribution in [1.82, 2.24) is 19.3 Å². The molecule has 1 aliphatic rings. The molecule has 1 amide bonds. The van der Waals surface area contributed by atoms with Crippen LogP contribution in [-0.4, -0.2) is 38.3 Å². The summed E-state index contributed by atoms with van der Waals surface area (Å²) in [5.41, 5.74) is -0.900. The summed E-state index contributed by atoms with van der Waals surface area (Å²) in [7, 11) is 2.85. The molecule has 1 fully saturated rings. The molecule has 1 aliphatic heterocycles. The summed E-state index contributed by atoms with van der Waals surface area (Å²) in [6.07, 6.45) is 2.25. The van der Waals surface area contributed by atoms with Gasteiger partial charge in [-0.05, 0) is 25.0 Å². The summed E-state index contributed by atoms with van der Waals surface area (Å²) in [6.45, 7) is 1.88. The number of hydrogen-bond donors (Lipinski definition) is 1. The Labute approximate surface area is 137 Å². The van der Waals surface area contributed by atoms with E-state index in [-0.39, 0.29) is 11.5 Å². The minimum Gasteiger partial charge on any atom is -0.355 e. The van der Waals surface area contributed by atoms with E-state index in [2.05, 4.69) is 20.4 Å². The molecule has 9 heteroatoms. The predicted molar refractivity (Wildman–Crippen MR) is 88.4 cm³/mol. The summed E-state index contributed by atoms with van der Waals surface area (Å²) in [4.78, 5) is 37.9. The van der Waals surface area contributed by atoms with Crippen molar-refractivity contribution < 1.29 is 4.79 Å². The SMILES string of the molecule is Cn1c(NC(=O)c2ccc(N3CCCC3)nn2)cc(=O)n(C)c1=O. The van der Waals surface area contributed by atoms with E-state index in [4.69, 9.17) is 0 Å². The molecule has 2 aromatic rings. The molecule has 2 aromatic heterocycles. The number of nitrogens with one attached hydrogen (secondary N) is 1. The molecule has 0 bridgehead atoms. The average molecular weight is 330 g/mol. The molecule has 0 atom stereocenters. The van der Waals surface area contributed by atoms with Crippen molar-refractivity contribution in [1.29, 1.82) is 0 Å². The van der Waals surface area contributed by atoms with Crippen molar-refractivity contribution in [3.8, 4) is 0 Å². The van der Waals surface area contributed by atoms with E-state index >= 15 is 0 Å². The predicted octanol–water partition coefficient (Wildman–Crippen LogP) is -0.273. The van der Waals surface area contributed by atoms with Crippen LogP contribution in [0.25, 0.3) is 0 Å². The van der Waals surface area contributed by atoms with E-state index in [0.29, 0.717) is 0 Å². The fraction of sp³-hybridized carbons (Fsp3) is 0.400. The Hall–Kier alpha value is -2.97. The molecular formula is C15H18N6O3. The highest BCUT2D eigenvalue weighted by molar-refractivity contribution is 6.02. The van der Waals surface area contributed by atoms with Gasteiger partial charge in [0, 0.05) is 33.3 Å². The van der Waals surface area contributed by atoms with E-state index < -0.39 is 17.2 Å². The molecular weight excluding hydrogens is 312 g/mol. The van der Waals surface area contributed by atoms with Crippen LogP contribution in [0.15, 0.2) is 27.8 Å². The summed E-state index contributed by atoms with van der Waals surface area (Å²) in [6, 6.07) is 4.51. The largest absolute Gasteiger partial charge is 0.355 e. The monoisotopic (exact) mass is 330 g/mol. The van der Waals surface area contributed by atoms with Crippen LogP contribution in [0.2, 0.25) is 0 Å². The second-order valence-electron chi connectivity index (χ2n) is 5.69. The Bertz CT molecular complexity index is 878. The molecule has 0 aromatic carbocycles. The molecule has 0 saturated carbocycles. The van der Waals surface area contributed by atoms with E-state index in [0.717, 1.165) is 36.3 Å². The van der Waals surface area contributed by atoms with Gasteiger partial charge >= 0.3 is 5.69 Å². The van der Waals surface area contributed by atoms with Crippen molar-refractivity contribution >= 4 is 17.5 Å². The van der Waals surface area contributed by atoms with E-state index in [1.54, 1.807) is 12.1 Å². The van der Waals surface area contributed by atoms with Crippen LogP contribution >= 0.6 is 0 Å². The summed E-state index contributed by atoms with van der Waals surface area (Å²) >= 11 is 0. The van der Waals surface area contributed by atoms with Gasteiger partial charge in [0.1, 0.15) is 5.82 Å². The normalized spacial score (nSPS) is 14.0. The van der Waals surface area contributed by atoms with Crippen molar-refractivity contribution in [2.75, 3.05) is 23.3 Å². The fourth-order valence-corrected chi connectivity index (χ4v) is 2.59. The Kier molecular flexibility index (Phi) is 4.15. The Morgan fingerprint density at radius 3 is 2.42 bits per heavy atom. The quantitative estimate of drug-likeness (QED) is 0.831.